The Labute approximate surface area is 263 Å². The summed E-state index contributed by atoms with van der Waals surface area (Å²) in [7, 11) is -2.02. The molecule has 3 heteroatoms. The van der Waals surface area contributed by atoms with Crippen molar-refractivity contribution in [2.75, 3.05) is 0 Å². The minimum atomic E-state index is -2.02. The molecule has 8 aromatic rings. The molecule has 0 fully saturated rings. The van der Waals surface area contributed by atoms with Crippen LogP contribution in [0.25, 0.3) is 77.2 Å². The molecule has 0 amide bonds. The second-order valence-electron chi connectivity index (χ2n) is 12.6. The van der Waals surface area contributed by atoms with Gasteiger partial charge in [-0.25, -0.2) is 9.97 Å². The van der Waals surface area contributed by atoms with E-state index >= 15 is 0 Å². The Balaban J connectivity index is 1.24. The van der Waals surface area contributed by atoms with Crippen LogP contribution in [0.3, 0.4) is 0 Å². The van der Waals surface area contributed by atoms with Crippen molar-refractivity contribution >= 4 is 50.9 Å². The number of rotatable bonds is 3. The standard InChI is InChI=1S/C42H30N2Si/c1-45(2)38-22-11-10-21-36(38)39-40(27-13-4-3-5-14-27)43-41(44-42(39)45)30-16-12-15-28(25-30)29-23-24-35-33-19-7-6-17-31(33)32-18-8-9-20-34(32)37(35)26-29/h3-26H,1-2H3. The lowest BCUT2D eigenvalue weighted by molar-refractivity contribution is 1.21. The van der Waals surface area contributed by atoms with Crippen molar-refractivity contribution in [3.05, 3.63) is 146 Å². The molecule has 212 valence electrons. The van der Waals surface area contributed by atoms with Gasteiger partial charge in [0.25, 0.3) is 0 Å². The molecule has 0 bridgehead atoms. The molecule has 2 nitrogen and oxygen atoms in total. The largest absolute Gasteiger partial charge is 0.237 e. The Morgan fingerprint density at radius 3 is 1.71 bits per heavy atom. The van der Waals surface area contributed by atoms with Gasteiger partial charge in [-0.3, -0.25) is 0 Å². The molecule has 0 N–H and O–H groups in total. The Hall–Kier alpha value is -5.38. The van der Waals surface area contributed by atoms with Crippen molar-refractivity contribution in [2.45, 2.75) is 13.1 Å². The monoisotopic (exact) mass is 590 g/mol. The molecule has 45 heavy (non-hydrogen) atoms. The first-order valence-electron chi connectivity index (χ1n) is 15.6. The molecule has 1 aliphatic heterocycles. The number of hydrogen-bond donors (Lipinski definition) is 0. The van der Waals surface area contributed by atoms with Gasteiger partial charge in [-0.2, -0.15) is 0 Å². The van der Waals surface area contributed by atoms with E-state index in [0.29, 0.717) is 0 Å². The summed E-state index contributed by atoms with van der Waals surface area (Å²) in [6, 6.07) is 52.6. The molecule has 0 saturated carbocycles. The van der Waals surface area contributed by atoms with E-state index in [9.17, 15) is 0 Å². The van der Waals surface area contributed by atoms with Gasteiger partial charge in [-0.05, 0) is 66.3 Å². The molecule has 2 heterocycles. The van der Waals surface area contributed by atoms with E-state index in [1.165, 1.54) is 59.5 Å². The maximum Gasteiger partial charge on any atom is 0.159 e. The predicted molar refractivity (Wildman–Crippen MR) is 193 cm³/mol. The molecule has 1 aliphatic rings. The molecule has 7 aromatic carbocycles. The van der Waals surface area contributed by atoms with Crippen LogP contribution in [-0.4, -0.2) is 18.0 Å². The molecule has 0 spiro atoms. The van der Waals surface area contributed by atoms with Crippen molar-refractivity contribution in [2.24, 2.45) is 0 Å². The van der Waals surface area contributed by atoms with Crippen LogP contribution in [0.5, 0.6) is 0 Å². The van der Waals surface area contributed by atoms with Crippen LogP contribution >= 0.6 is 0 Å². The molecule has 0 atom stereocenters. The van der Waals surface area contributed by atoms with E-state index in [1.807, 2.05) is 0 Å². The fraction of sp³-hybridized carbons (Fsp3) is 0.0476. The summed E-state index contributed by atoms with van der Waals surface area (Å²) in [4.78, 5) is 10.7. The highest BCUT2D eigenvalue weighted by Crippen LogP contribution is 2.39. The third-order valence-electron chi connectivity index (χ3n) is 9.62. The van der Waals surface area contributed by atoms with Gasteiger partial charge in [0.1, 0.15) is 8.07 Å². The second-order valence-corrected chi connectivity index (χ2v) is 16.9. The third-order valence-corrected chi connectivity index (χ3v) is 12.9. The average molecular weight is 591 g/mol. The summed E-state index contributed by atoms with van der Waals surface area (Å²) >= 11 is 0. The molecular formula is C42H30N2Si. The van der Waals surface area contributed by atoms with Gasteiger partial charge in [0.15, 0.2) is 5.82 Å². The first-order chi connectivity index (χ1) is 22.1. The number of hydrogen-bond acceptors (Lipinski definition) is 2. The minimum absolute atomic E-state index is 0.792. The van der Waals surface area contributed by atoms with Gasteiger partial charge < -0.3 is 0 Å². The average Bonchev–Trinajstić information content (AvgIpc) is 3.34. The van der Waals surface area contributed by atoms with Gasteiger partial charge in [0.2, 0.25) is 0 Å². The third kappa shape index (κ3) is 3.94. The van der Waals surface area contributed by atoms with Crippen LogP contribution < -0.4 is 10.5 Å². The molecule has 1 aromatic heterocycles. The smallest absolute Gasteiger partial charge is 0.159 e. The highest BCUT2D eigenvalue weighted by Gasteiger charge is 2.41. The zero-order valence-electron chi connectivity index (χ0n) is 25.3. The van der Waals surface area contributed by atoms with Gasteiger partial charge in [0, 0.05) is 22.0 Å². The van der Waals surface area contributed by atoms with E-state index in [4.69, 9.17) is 9.97 Å². The Morgan fingerprint density at radius 2 is 0.978 bits per heavy atom. The summed E-state index contributed by atoms with van der Waals surface area (Å²) in [6.07, 6.45) is 0. The predicted octanol–water partition coefficient (Wildman–Crippen LogP) is 9.74. The number of nitrogens with zero attached hydrogens (tertiary/aromatic N) is 2. The summed E-state index contributed by atoms with van der Waals surface area (Å²) < 4.78 is 0. The maximum absolute atomic E-state index is 5.39. The quantitative estimate of drug-likeness (QED) is 0.151. The van der Waals surface area contributed by atoms with Crippen molar-refractivity contribution in [1.82, 2.24) is 9.97 Å². The lowest BCUT2D eigenvalue weighted by atomic mass is 9.92. The zero-order chi connectivity index (χ0) is 30.1. The van der Waals surface area contributed by atoms with Crippen molar-refractivity contribution < 1.29 is 0 Å². The Bertz CT molecular complexity index is 2430. The van der Waals surface area contributed by atoms with E-state index in [0.717, 1.165) is 28.2 Å². The van der Waals surface area contributed by atoms with Crippen LogP contribution in [0.4, 0.5) is 0 Å². The van der Waals surface area contributed by atoms with Crippen molar-refractivity contribution in [3.8, 4) is 44.9 Å². The first kappa shape index (κ1) is 26.1. The summed E-state index contributed by atoms with van der Waals surface area (Å²) in [5, 5.41) is 10.4. The fourth-order valence-electron chi connectivity index (χ4n) is 7.40. The minimum Gasteiger partial charge on any atom is -0.237 e. The van der Waals surface area contributed by atoms with Gasteiger partial charge >= 0.3 is 0 Å². The van der Waals surface area contributed by atoms with Crippen LogP contribution in [0.2, 0.25) is 13.1 Å². The highest BCUT2D eigenvalue weighted by atomic mass is 28.3. The van der Waals surface area contributed by atoms with E-state index < -0.39 is 8.07 Å². The number of aromatic nitrogens is 2. The molecule has 0 aliphatic carbocycles. The Kier molecular flexibility index (Phi) is 5.68. The lowest BCUT2D eigenvalue weighted by Gasteiger charge is -2.19. The molecular weight excluding hydrogens is 561 g/mol. The number of benzene rings is 7. The van der Waals surface area contributed by atoms with Crippen molar-refractivity contribution in [3.63, 3.8) is 0 Å². The van der Waals surface area contributed by atoms with Crippen LogP contribution in [0.1, 0.15) is 0 Å². The van der Waals surface area contributed by atoms with Crippen LogP contribution in [0.15, 0.2) is 146 Å². The van der Waals surface area contributed by atoms with Crippen LogP contribution in [-0.2, 0) is 0 Å². The summed E-state index contributed by atoms with van der Waals surface area (Å²) in [5.41, 5.74) is 8.05. The summed E-state index contributed by atoms with van der Waals surface area (Å²) in [5.74, 6) is 0.792. The molecule has 0 unspecified atom stereocenters. The van der Waals surface area contributed by atoms with E-state index in [2.05, 4.69) is 159 Å². The highest BCUT2D eigenvalue weighted by molar-refractivity contribution is 7.03. The van der Waals surface area contributed by atoms with E-state index in [1.54, 1.807) is 0 Å². The fourth-order valence-corrected chi connectivity index (χ4v) is 10.3. The van der Waals surface area contributed by atoms with Crippen LogP contribution in [0, 0.1) is 0 Å². The summed E-state index contributed by atoms with van der Waals surface area (Å²) in [6.45, 7) is 4.84. The molecule has 0 radical (unpaired) electrons. The lowest BCUT2D eigenvalue weighted by Crippen LogP contribution is -2.50. The molecule has 0 saturated heterocycles. The normalized spacial score (nSPS) is 13.3. The van der Waals surface area contributed by atoms with E-state index in [-0.39, 0.29) is 0 Å². The zero-order valence-corrected chi connectivity index (χ0v) is 26.3. The maximum atomic E-state index is 5.39. The van der Waals surface area contributed by atoms with Gasteiger partial charge in [-0.1, -0.05) is 147 Å². The SMILES string of the molecule is C[Si]1(C)c2ccccc2-c2c(-c3ccccc3)nc(-c3cccc(-c4ccc5c6ccccc6c6ccccc6c5c4)c3)nc21. The topological polar surface area (TPSA) is 25.8 Å². The number of fused-ring (bicyclic) bond motifs is 9. The first-order valence-corrected chi connectivity index (χ1v) is 18.6. The van der Waals surface area contributed by atoms with Gasteiger partial charge in [0.05, 0.1) is 5.69 Å². The molecule has 9 rings (SSSR count). The second kappa shape index (κ2) is 9.81. The van der Waals surface area contributed by atoms with Gasteiger partial charge in [-0.15, -0.1) is 0 Å². The Morgan fingerprint density at radius 1 is 0.422 bits per heavy atom. The van der Waals surface area contributed by atoms with Crippen molar-refractivity contribution in [1.29, 1.82) is 0 Å².